The topological polar surface area (TPSA) is 21.3 Å². The molecule has 0 amide bonds. The third kappa shape index (κ3) is 4.32. The van der Waals surface area contributed by atoms with Gasteiger partial charge in [-0.2, -0.15) is 0 Å². The van der Waals surface area contributed by atoms with Crippen molar-refractivity contribution in [3.63, 3.8) is 0 Å². The van der Waals surface area contributed by atoms with Crippen molar-refractivity contribution >= 4 is 11.3 Å². The van der Waals surface area contributed by atoms with Crippen LogP contribution >= 0.6 is 11.3 Å². The summed E-state index contributed by atoms with van der Waals surface area (Å²) in [7, 11) is 0. The predicted molar refractivity (Wildman–Crippen MR) is 81.8 cm³/mol. The zero-order valence-corrected chi connectivity index (χ0v) is 12.9. The van der Waals surface area contributed by atoms with Crippen LogP contribution in [0.3, 0.4) is 0 Å². The molecule has 20 heavy (non-hydrogen) atoms. The fourth-order valence-electron chi connectivity index (χ4n) is 1.77. The number of halogens is 1. The molecule has 2 nitrogen and oxygen atoms in total. The lowest BCUT2D eigenvalue weighted by Crippen LogP contribution is -2.21. The average molecular weight is 293 g/mol. The fourth-order valence-corrected chi connectivity index (χ4v) is 2.65. The molecule has 0 atom stereocenters. The maximum absolute atomic E-state index is 13.6. The lowest BCUT2D eigenvalue weighted by atomic mass is 10.2. The minimum absolute atomic E-state index is 0.311. The highest BCUT2D eigenvalue weighted by Gasteiger charge is 2.06. The van der Waals surface area contributed by atoms with Crippen molar-refractivity contribution < 1.29 is 9.13 Å². The second-order valence-corrected chi connectivity index (χ2v) is 6.38. The van der Waals surface area contributed by atoms with Crippen molar-refractivity contribution in [2.45, 2.75) is 40.0 Å². The number of rotatable bonds is 6. The van der Waals surface area contributed by atoms with E-state index >= 15 is 0 Å². The predicted octanol–water partition coefficient (Wildman–Crippen LogP) is 4.27. The van der Waals surface area contributed by atoms with E-state index in [4.69, 9.17) is 4.74 Å². The van der Waals surface area contributed by atoms with Crippen LogP contribution in [0, 0.1) is 12.7 Å². The van der Waals surface area contributed by atoms with Gasteiger partial charge in [-0.1, -0.05) is 19.9 Å². The third-order valence-corrected chi connectivity index (χ3v) is 3.92. The molecule has 4 heteroatoms. The number of nitrogens with one attached hydrogen (secondary N) is 1. The highest BCUT2D eigenvalue weighted by Crippen LogP contribution is 2.22. The molecule has 0 bridgehead atoms. The zero-order valence-electron chi connectivity index (χ0n) is 12.1. The van der Waals surface area contributed by atoms with Gasteiger partial charge in [-0.3, -0.25) is 0 Å². The number of hydrogen-bond acceptors (Lipinski definition) is 3. The van der Waals surface area contributed by atoms with Gasteiger partial charge in [0.15, 0.2) is 11.6 Å². The summed E-state index contributed by atoms with van der Waals surface area (Å²) in [5.74, 6) is 0.00843. The van der Waals surface area contributed by atoms with Gasteiger partial charge < -0.3 is 10.1 Å². The highest BCUT2D eigenvalue weighted by molar-refractivity contribution is 7.11. The van der Waals surface area contributed by atoms with Crippen LogP contribution in [0.4, 0.5) is 4.39 Å². The van der Waals surface area contributed by atoms with Crippen molar-refractivity contribution in [3.05, 3.63) is 51.5 Å². The quantitative estimate of drug-likeness (QED) is 0.858. The number of ether oxygens (including phenoxy) is 1. The van der Waals surface area contributed by atoms with E-state index in [1.165, 1.54) is 10.9 Å². The molecule has 0 aliphatic rings. The summed E-state index contributed by atoms with van der Waals surface area (Å²) in [5.41, 5.74) is 0.995. The molecule has 1 heterocycles. The normalized spacial score (nSPS) is 11.1. The second kappa shape index (κ2) is 6.86. The molecule has 1 aromatic heterocycles. The smallest absolute Gasteiger partial charge is 0.165 e. The largest absolute Gasteiger partial charge is 0.485 e. The molecule has 0 unspecified atom stereocenters. The molecule has 2 rings (SSSR count). The van der Waals surface area contributed by atoms with Gasteiger partial charge in [-0.15, -0.1) is 11.3 Å². The monoisotopic (exact) mass is 293 g/mol. The summed E-state index contributed by atoms with van der Waals surface area (Å²) < 4.78 is 19.1. The lowest BCUT2D eigenvalue weighted by molar-refractivity contribution is 0.293. The van der Waals surface area contributed by atoms with Gasteiger partial charge in [0.25, 0.3) is 0 Å². The Bertz CT molecular complexity index is 565. The first-order chi connectivity index (χ1) is 9.54. The first-order valence-corrected chi connectivity index (χ1v) is 7.56. The minimum atomic E-state index is -0.311. The molecule has 2 aromatic rings. The molecule has 108 valence electrons. The Labute approximate surface area is 123 Å². The number of hydrogen-bond donors (Lipinski definition) is 1. The Morgan fingerprint density at radius 1 is 1.20 bits per heavy atom. The standard InChI is InChI=1S/C16H20FNOS/c1-11(2)18-9-13-5-6-14(20-13)10-19-16-8-12(3)4-7-15(16)17/h4-8,11,18H,9-10H2,1-3H3. The van der Waals surface area contributed by atoms with Gasteiger partial charge in [0.05, 0.1) is 0 Å². The van der Waals surface area contributed by atoms with Crippen LogP contribution in [0.1, 0.15) is 29.2 Å². The summed E-state index contributed by atoms with van der Waals surface area (Å²) in [5, 5.41) is 3.38. The summed E-state index contributed by atoms with van der Waals surface area (Å²) in [6.07, 6.45) is 0. The average Bonchev–Trinajstić information content (AvgIpc) is 2.85. The van der Waals surface area contributed by atoms with Crippen LogP contribution in [-0.2, 0) is 13.2 Å². The number of aryl methyl sites for hydroxylation is 1. The van der Waals surface area contributed by atoms with Crippen molar-refractivity contribution in [1.82, 2.24) is 5.32 Å². The number of benzene rings is 1. The molecule has 0 radical (unpaired) electrons. The first kappa shape index (κ1) is 15.0. The minimum Gasteiger partial charge on any atom is -0.485 e. The Kier molecular flexibility index (Phi) is 5.15. The van der Waals surface area contributed by atoms with E-state index in [1.54, 1.807) is 23.5 Å². The van der Waals surface area contributed by atoms with Gasteiger partial charge >= 0.3 is 0 Å². The first-order valence-electron chi connectivity index (χ1n) is 6.74. The van der Waals surface area contributed by atoms with Crippen LogP contribution in [0.5, 0.6) is 5.75 Å². The van der Waals surface area contributed by atoms with Gasteiger partial charge in [0, 0.05) is 22.3 Å². The Hall–Kier alpha value is -1.39. The van der Waals surface area contributed by atoms with E-state index in [0.717, 1.165) is 17.0 Å². The van der Waals surface area contributed by atoms with E-state index < -0.39 is 0 Å². The maximum Gasteiger partial charge on any atom is 0.165 e. The van der Waals surface area contributed by atoms with E-state index in [9.17, 15) is 4.39 Å². The van der Waals surface area contributed by atoms with Crippen LogP contribution in [0.2, 0.25) is 0 Å². The molecule has 0 saturated carbocycles. The molecule has 1 aromatic carbocycles. The van der Waals surface area contributed by atoms with Crippen molar-refractivity contribution in [3.8, 4) is 5.75 Å². The van der Waals surface area contributed by atoms with Gasteiger partial charge in [0.2, 0.25) is 0 Å². The summed E-state index contributed by atoms with van der Waals surface area (Å²) in [6, 6.07) is 9.50. The lowest BCUT2D eigenvalue weighted by Gasteiger charge is -2.07. The molecule has 1 N–H and O–H groups in total. The highest BCUT2D eigenvalue weighted by atomic mass is 32.1. The molecule has 0 saturated heterocycles. The Morgan fingerprint density at radius 3 is 2.70 bits per heavy atom. The maximum atomic E-state index is 13.6. The SMILES string of the molecule is Cc1ccc(F)c(OCc2ccc(CNC(C)C)s2)c1. The van der Waals surface area contributed by atoms with Crippen LogP contribution in [0.25, 0.3) is 0 Å². The molecule has 0 aliphatic carbocycles. The van der Waals surface area contributed by atoms with Crippen LogP contribution < -0.4 is 10.1 Å². The molecular formula is C16H20FNOS. The van der Waals surface area contributed by atoms with Gasteiger partial charge in [-0.25, -0.2) is 4.39 Å². The van der Waals surface area contributed by atoms with Crippen molar-refractivity contribution in [2.75, 3.05) is 0 Å². The molecule has 0 aliphatic heterocycles. The van der Waals surface area contributed by atoms with Crippen LogP contribution in [0.15, 0.2) is 30.3 Å². The van der Waals surface area contributed by atoms with Crippen molar-refractivity contribution in [2.24, 2.45) is 0 Å². The molecular weight excluding hydrogens is 273 g/mol. The molecule has 0 spiro atoms. The number of thiophene rings is 1. The van der Waals surface area contributed by atoms with Crippen molar-refractivity contribution in [1.29, 1.82) is 0 Å². The Balaban J connectivity index is 1.92. The van der Waals surface area contributed by atoms with E-state index in [2.05, 4.69) is 25.2 Å². The van der Waals surface area contributed by atoms with E-state index in [0.29, 0.717) is 18.4 Å². The van der Waals surface area contributed by atoms with Crippen LogP contribution in [-0.4, -0.2) is 6.04 Å². The third-order valence-electron chi connectivity index (χ3n) is 2.86. The van der Waals surface area contributed by atoms with E-state index in [-0.39, 0.29) is 5.82 Å². The zero-order chi connectivity index (χ0) is 14.5. The summed E-state index contributed by atoms with van der Waals surface area (Å²) in [4.78, 5) is 2.37. The summed E-state index contributed by atoms with van der Waals surface area (Å²) >= 11 is 1.69. The van der Waals surface area contributed by atoms with Gasteiger partial charge in [-0.05, 0) is 36.8 Å². The Morgan fingerprint density at radius 2 is 1.95 bits per heavy atom. The van der Waals surface area contributed by atoms with Gasteiger partial charge in [0.1, 0.15) is 6.61 Å². The molecule has 0 fully saturated rings. The fraction of sp³-hybridized carbons (Fsp3) is 0.375. The second-order valence-electron chi connectivity index (χ2n) is 5.13. The van der Waals surface area contributed by atoms with E-state index in [1.807, 2.05) is 13.0 Å². The summed E-state index contributed by atoms with van der Waals surface area (Å²) in [6.45, 7) is 7.44.